The molecule has 2 aromatic rings. The van der Waals surface area contributed by atoms with Crippen molar-refractivity contribution in [2.75, 3.05) is 0 Å². The van der Waals surface area contributed by atoms with E-state index in [0.717, 1.165) is 16.1 Å². The molecule has 0 spiro atoms. The van der Waals surface area contributed by atoms with Crippen molar-refractivity contribution in [3.05, 3.63) is 45.5 Å². The largest absolute Gasteiger partial charge is 0.434 e. The fourth-order valence-corrected chi connectivity index (χ4v) is 1.62. The summed E-state index contributed by atoms with van der Waals surface area (Å²) in [5.74, 6) is -0.303. The van der Waals surface area contributed by atoms with Crippen LogP contribution in [0.2, 0.25) is 5.02 Å². The van der Waals surface area contributed by atoms with Crippen LogP contribution in [-0.4, -0.2) is 9.97 Å². The van der Waals surface area contributed by atoms with E-state index in [1.165, 1.54) is 12.4 Å². The molecule has 17 heavy (non-hydrogen) atoms. The molecular weight excluding hydrogens is 310 g/mol. The van der Waals surface area contributed by atoms with Gasteiger partial charge in [-0.15, -0.1) is 0 Å². The molecule has 2 aromatic heterocycles. The van der Waals surface area contributed by atoms with Crippen LogP contribution in [-0.2, 0) is 0 Å². The van der Waals surface area contributed by atoms with Gasteiger partial charge in [-0.05, 0) is 28.9 Å². The number of pyridine rings is 2. The molecule has 0 unspecified atom stereocenters. The van der Waals surface area contributed by atoms with E-state index in [1.807, 2.05) is 6.92 Å². The molecule has 0 amide bonds. The molecule has 3 nitrogen and oxygen atoms in total. The van der Waals surface area contributed by atoms with Gasteiger partial charge in [0.1, 0.15) is 0 Å². The summed E-state index contributed by atoms with van der Waals surface area (Å²) in [6.45, 7) is 1.83. The van der Waals surface area contributed by atoms with E-state index < -0.39 is 5.82 Å². The van der Waals surface area contributed by atoms with Crippen LogP contribution in [0.4, 0.5) is 4.39 Å². The molecule has 2 rings (SSSR count). The predicted molar refractivity (Wildman–Crippen MR) is 66.0 cm³/mol. The van der Waals surface area contributed by atoms with E-state index in [4.69, 9.17) is 16.3 Å². The van der Waals surface area contributed by atoms with E-state index in [-0.39, 0.29) is 10.9 Å². The van der Waals surface area contributed by atoms with Gasteiger partial charge in [-0.25, -0.2) is 9.37 Å². The van der Waals surface area contributed by atoms with Crippen molar-refractivity contribution >= 4 is 27.5 Å². The summed E-state index contributed by atoms with van der Waals surface area (Å²) in [6, 6.07) is 1.14. The van der Waals surface area contributed by atoms with E-state index in [0.29, 0.717) is 5.75 Å². The highest BCUT2D eigenvalue weighted by atomic mass is 79.9. The summed E-state index contributed by atoms with van der Waals surface area (Å²) >= 11 is 8.91. The number of halogens is 3. The fourth-order valence-electron chi connectivity index (χ4n) is 1.17. The maximum absolute atomic E-state index is 13.5. The lowest BCUT2D eigenvalue weighted by atomic mass is 10.3. The molecule has 88 valence electrons. The summed E-state index contributed by atoms with van der Waals surface area (Å²) in [5, 5.41) is 0.221. The molecule has 2 heterocycles. The van der Waals surface area contributed by atoms with Crippen molar-refractivity contribution in [3.63, 3.8) is 0 Å². The van der Waals surface area contributed by atoms with Crippen molar-refractivity contribution < 1.29 is 9.13 Å². The van der Waals surface area contributed by atoms with Crippen molar-refractivity contribution in [2.45, 2.75) is 6.92 Å². The van der Waals surface area contributed by atoms with Crippen LogP contribution in [0.5, 0.6) is 11.6 Å². The molecule has 0 aliphatic heterocycles. The molecule has 0 aliphatic rings. The molecule has 0 N–H and O–H groups in total. The molecule has 0 saturated carbocycles. The molecule has 0 aromatic carbocycles. The second-order valence-corrected chi connectivity index (χ2v) is 4.58. The molecule has 0 aliphatic carbocycles. The van der Waals surface area contributed by atoms with E-state index in [2.05, 4.69) is 25.9 Å². The summed E-state index contributed by atoms with van der Waals surface area (Å²) in [6.07, 6.45) is 4.45. The number of ether oxygens (including phenoxy) is 1. The van der Waals surface area contributed by atoms with Gasteiger partial charge in [0, 0.05) is 22.4 Å². The Kier molecular flexibility index (Phi) is 3.59. The zero-order valence-electron chi connectivity index (χ0n) is 8.75. The van der Waals surface area contributed by atoms with Gasteiger partial charge in [-0.1, -0.05) is 11.6 Å². The minimum Gasteiger partial charge on any atom is -0.434 e. The van der Waals surface area contributed by atoms with Gasteiger partial charge >= 0.3 is 0 Å². The van der Waals surface area contributed by atoms with Gasteiger partial charge in [0.05, 0.1) is 11.2 Å². The third-order valence-corrected chi connectivity index (χ3v) is 3.09. The number of hydrogen-bond donors (Lipinski definition) is 0. The molecule has 6 heteroatoms. The third-order valence-electron chi connectivity index (χ3n) is 2.09. The predicted octanol–water partition coefficient (Wildman–Crippen LogP) is 4.13. The number of hydrogen-bond acceptors (Lipinski definition) is 3. The fraction of sp³-hybridized carbons (Fsp3) is 0.0909. The van der Waals surface area contributed by atoms with Crippen LogP contribution in [0, 0.1) is 12.7 Å². The molecule has 0 saturated heterocycles. The van der Waals surface area contributed by atoms with E-state index in [9.17, 15) is 4.39 Å². The first-order chi connectivity index (χ1) is 8.08. The Hall–Kier alpha value is -1.20. The van der Waals surface area contributed by atoms with Crippen LogP contribution in [0.1, 0.15) is 5.56 Å². The standard InChI is InChI=1S/C11H7BrClFN2O/c1-6-8(12)4-15-5-10(6)17-11-9(14)2-7(13)3-16-11/h2-5H,1H3. The summed E-state index contributed by atoms with van der Waals surface area (Å²) < 4.78 is 19.6. The number of aromatic nitrogens is 2. The van der Waals surface area contributed by atoms with Crippen molar-refractivity contribution in [1.82, 2.24) is 9.97 Å². The Morgan fingerprint density at radius 1 is 1.35 bits per heavy atom. The third kappa shape index (κ3) is 2.73. The molecule has 0 bridgehead atoms. The monoisotopic (exact) mass is 316 g/mol. The lowest BCUT2D eigenvalue weighted by molar-refractivity contribution is 0.418. The Labute approximate surface area is 111 Å². The zero-order valence-corrected chi connectivity index (χ0v) is 11.1. The minimum absolute atomic E-state index is 0.127. The topological polar surface area (TPSA) is 35.0 Å². The minimum atomic E-state index is -0.614. The number of rotatable bonds is 2. The average molecular weight is 318 g/mol. The Balaban J connectivity index is 2.35. The Morgan fingerprint density at radius 3 is 2.82 bits per heavy atom. The van der Waals surface area contributed by atoms with Crippen LogP contribution >= 0.6 is 27.5 Å². The highest BCUT2D eigenvalue weighted by Gasteiger charge is 2.10. The van der Waals surface area contributed by atoms with Gasteiger partial charge in [0.15, 0.2) is 11.6 Å². The highest BCUT2D eigenvalue weighted by Crippen LogP contribution is 2.29. The second-order valence-electron chi connectivity index (χ2n) is 3.29. The Morgan fingerprint density at radius 2 is 2.12 bits per heavy atom. The van der Waals surface area contributed by atoms with Gasteiger partial charge in [-0.3, -0.25) is 4.98 Å². The summed E-state index contributed by atoms with van der Waals surface area (Å²) in [7, 11) is 0. The summed E-state index contributed by atoms with van der Waals surface area (Å²) in [5.41, 5.74) is 0.816. The van der Waals surface area contributed by atoms with Crippen LogP contribution in [0.3, 0.4) is 0 Å². The second kappa shape index (κ2) is 4.98. The van der Waals surface area contributed by atoms with Crippen molar-refractivity contribution in [2.24, 2.45) is 0 Å². The molecule has 0 fully saturated rings. The molecule has 0 atom stereocenters. The van der Waals surface area contributed by atoms with Gasteiger partial charge in [-0.2, -0.15) is 0 Å². The van der Waals surface area contributed by atoms with Gasteiger partial charge < -0.3 is 4.74 Å². The highest BCUT2D eigenvalue weighted by molar-refractivity contribution is 9.10. The lowest BCUT2D eigenvalue weighted by Gasteiger charge is -2.08. The van der Waals surface area contributed by atoms with Crippen molar-refractivity contribution in [1.29, 1.82) is 0 Å². The quantitative estimate of drug-likeness (QED) is 0.835. The average Bonchev–Trinajstić information content (AvgIpc) is 2.28. The maximum atomic E-state index is 13.5. The van der Waals surface area contributed by atoms with Gasteiger partial charge in [0.25, 0.3) is 5.88 Å². The smallest absolute Gasteiger partial charge is 0.256 e. The normalized spacial score (nSPS) is 10.4. The van der Waals surface area contributed by atoms with E-state index in [1.54, 1.807) is 6.20 Å². The van der Waals surface area contributed by atoms with Crippen LogP contribution in [0.15, 0.2) is 29.1 Å². The molecular formula is C11H7BrClFN2O. The van der Waals surface area contributed by atoms with E-state index >= 15 is 0 Å². The summed E-state index contributed by atoms with van der Waals surface area (Å²) in [4.78, 5) is 7.71. The Bertz CT molecular complexity index is 565. The number of nitrogens with zero attached hydrogens (tertiary/aromatic N) is 2. The van der Waals surface area contributed by atoms with Crippen LogP contribution in [0.25, 0.3) is 0 Å². The van der Waals surface area contributed by atoms with Crippen molar-refractivity contribution in [3.8, 4) is 11.6 Å². The van der Waals surface area contributed by atoms with Gasteiger partial charge in [0.2, 0.25) is 0 Å². The SMILES string of the molecule is Cc1c(Br)cncc1Oc1ncc(Cl)cc1F. The van der Waals surface area contributed by atoms with Crippen LogP contribution < -0.4 is 4.74 Å². The zero-order chi connectivity index (χ0) is 12.4. The molecule has 0 radical (unpaired) electrons. The lowest BCUT2D eigenvalue weighted by Crippen LogP contribution is -1.94. The maximum Gasteiger partial charge on any atom is 0.256 e. The first kappa shape index (κ1) is 12.3. The first-order valence-corrected chi connectivity index (χ1v) is 5.84. The first-order valence-electron chi connectivity index (χ1n) is 4.67.